The molecule has 1 rings (SSSR count). The maximum atomic E-state index is 12.4. The largest absolute Gasteiger partial charge is 0.393 e. The number of ether oxygens (including phenoxy) is 1. The van der Waals surface area contributed by atoms with Crippen LogP contribution in [0.3, 0.4) is 0 Å². The maximum absolute atomic E-state index is 12.4. The number of nitrogens with zero attached hydrogens (tertiary/aromatic N) is 1. The van der Waals surface area contributed by atoms with Gasteiger partial charge in [-0.05, 0) is 19.3 Å². The second-order valence-electron chi connectivity index (χ2n) is 5.01. The highest BCUT2D eigenvalue weighted by Crippen LogP contribution is 2.22. The molecule has 2 N–H and O–H groups in total. The second kappa shape index (κ2) is 5.78. The molecule has 1 aliphatic rings. The zero-order valence-electron chi connectivity index (χ0n) is 11.0. The third-order valence-electron chi connectivity index (χ3n) is 3.42. The maximum Gasteiger partial charge on any atom is 0.232 e. The van der Waals surface area contributed by atoms with E-state index in [9.17, 15) is 4.79 Å². The summed E-state index contributed by atoms with van der Waals surface area (Å²) in [5.41, 5.74) is 5.66. The fourth-order valence-corrected chi connectivity index (χ4v) is 2.72. The molecule has 1 heterocycles. The highest BCUT2D eigenvalue weighted by Gasteiger charge is 2.35. The monoisotopic (exact) mass is 258 g/mol. The first kappa shape index (κ1) is 14.4. The van der Waals surface area contributed by atoms with Gasteiger partial charge in [0.05, 0.1) is 23.1 Å². The third-order valence-corrected chi connectivity index (χ3v) is 3.67. The Labute approximate surface area is 108 Å². The molecule has 0 aliphatic carbocycles. The molecular weight excluding hydrogens is 236 g/mol. The Morgan fingerprint density at radius 2 is 2.12 bits per heavy atom. The number of hydrogen-bond acceptors (Lipinski definition) is 3. The van der Waals surface area contributed by atoms with E-state index in [0.717, 1.165) is 6.42 Å². The van der Waals surface area contributed by atoms with Gasteiger partial charge in [-0.3, -0.25) is 4.79 Å². The predicted octanol–water partition coefficient (Wildman–Crippen LogP) is 1.18. The van der Waals surface area contributed by atoms with Gasteiger partial charge in [-0.25, -0.2) is 0 Å². The summed E-state index contributed by atoms with van der Waals surface area (Å²) in [6.07, 6.45) is 0.967. The van der Waals surface area contributed by atoms with E-state index in [1.165, 1.54) is 0 Å². The molecule has 4 nitrogen and oxygen atoms in total. The summed E-state index contributed by atoms with van der Waals surface area (Å²) in [6, 6.07) is 0.137. The number of carbonyl (C=O) groups is 1. The fourth-order valence-electron chi connectivity index (χ4n) is 2.35. The quantitative estimate of drug-likeness (QED) is 0.769. The summed E-state index contributed by atoms with van der Waals surface area (Å²) in [5, 5.41) is 0. The van der Waals surface area contributed by atoms with Crippen molar-refractivity contribution in [2.24, 2.45) is 17.6 Å². The zero-order valence-corrected chi connectivity index (χ0v) is 11.8. The number of carbonyl (C=O) groups excluding carboxylic acids is 1. The fraction of sp³-hybridized carbons (Fsp3) is 0.833. The standard InChI is InChI=1S/C12H22N2O2S/c1-7(2)10(11(13)17)12(15)14(4)9-5-6-16-8(9)3/h7-10H,5-6H2,1-4H3,(H2,13,17). The molecule has 1 amide bonds. The van der Waals surface area contributed by atoms with Crippen LogP contribution in [0.1, 0.15) is 27.2 Å². The van der Waals surface area contributed by atoms with E-state index < -0.39 is 0 Å². The Hall–Kier alpha value is -0.680. The minimum absolute atomic E-state index is 0.00912. The molecule has 98 valence electrons. The molecule has 0 radical (unpaired) electrons. The number of likely N-dealkylation sites (N-methyl/N-ethyl adjacent to an activating group) is 1. The summed E-state index contributed by atoms with van der Waals surface area (Å²) in [4.78, 5) is 14.4. The average Bonchev–Trinajstić information content (AvgIpc) is 2.62. The van der Waals surface area contributed by atoms with Crippen LogP contribution < -0.4 is 5.73 Å². The van der Waals surface area contributed by atoms with Crippen LogP contribution in [0, 0.1) is 11.8 Å². The Kier molecular flexibility index (Phi) is 4.89. The van der Waals surface area contributed by atoms with Gasteiger partial charge in [-0.15, -0.1) is 0 Å². The highest BCUT2D eigenvalue weighted by atomic mass is 32.1. The first-order valence-electron chi connectivity index (χ1n) is 6.03. The van der Waals surface area contributed by atoms with Crippen molar-refractivity contribution in [2.45, 2.75) is 39.3 Å². The molecular formula is C12H22N2O2S. The van der Waals surface area contributed by atoms with E-state index in [4.69, 9.17) is 22.7 Å². The molecule has 0 aromatic rings. The van der Waals surface area contributed by atoms with Crippen LogP contribution >= 0.6 is 12.2 Å². The lowest BCUT2D eigenvalue weighted by atomic mass is 9.93. The van der Waals surface area contributed by atoms with Gasteiger partial charge in [0.1, 0.15) is 0 Å². The predicted molar refractivity (Wildman–Crippen MR) is 71.7 cm³/mol. The van der Waals surface area contributed by atoms with Gasteiger partial charge in [0.15, 0.2) is 0 Å². The first-order valence-corrected chi connectivity index (χ1v) is 6.44. The van der Waals surface area contributed by atoms with Crippen molar-refractivity contribution in [1.29, 1.82) is 0 Å². The van der Waals surface area contributed by atoms with E-state index in [1.807, 2.05) is 27.8 Å². The molecule has 0 bridgehead atoms. The van der Waals surface area contributed by atoms with Crippen molar-refractivity contribution in [3.8, 4) is 0 Å². The third kappa shape index (κ3) is 3.16. The van der Waals surface area contributed by atoms with E-state index in [2.05, 4.69) is 0 Å². The van der Waals surface area contributed by atoms with Crippen molar-refractivity contribution in [1.82, 2.24) is 4.90 Å². The Morgan fingerprint density at radius 3 is 2.47 bits per heavy atom. The van der Waals surface area contributed by atoms with E-state index in [1.54, 1.807) is 4.90 Å². The number of hydrogen-bond donors (Lipinski definition) is 1. The van der Waals surface area contributed by atoms with Gasteiger partial charge in [0.2, 0.25) is 5.91 Å². The van der Waals surface area contributed by atoms with Crippen molar-refractivity contribution in [3.63, 3.8) is 0 Å². The van der Waals surface area contributed by atoms with Crippen LogP contribution in [-0.2, 0) is 9.53 Å². The van der Waals surface area contributed by atoms with Gasteiger partial charge >= 0.3 is 0 Å². The minimum Gasteiger partial charge on any atom is -0.393 e. The number of amides is 1. The van der Waals surface area contributed by atoms with Crippen LogP contribution in [0.4, 0.5) is 0 Å². The molecule has 0 aromatic carbocycles. The van der Waals surface area contributed by atoms with Crippen LogP contribution in [-0.4, -0.2) is 41.6 Å². The van der Waals surface area contributed by atoms with Crippen molar-refractivity contribution in [3.05, 3.63) is 0 Å². The molecule has 17 heavy (non-hydrogen) atoms. The molecule has 5 heteroatoms. The van der Waals surface area contributed by atoms with Crippen molar-refractivity contribution in [2.75, 3.05) is 13.7 Å². The normalized spacial score (nSPS) is 25.9. The summed E-state index contributed by atoms with van der Waals surface area (Å²) in [6.45, 7) is 6.63. The molecule has 0 spiro atoms. The molecule has 1 saturated heterocycles. The lowest BCUT2D eigenvalue weighted by molar-refractivity contribution is -0.136. The first-order chi connectivity index (χ1) is 7.86. The van der Waals surface area contributed by atoms with Crippen LogP contribution in [0.2, 0.25) is 0 Å². The summed E-state index contributed by atoms with van der Waals surface area (Å²) in [5.74, 6) is -0.238. The molecule has 3 atom stereocenters. The average molecular weight is 258 g/mol. The van der Waals surface area contributed by atoms with E-state index in [-0.39, 0.29) is 34.9 Å². The van der Waals surface area contributed by atoms with Crippen LogP contribution in [0.25, 0.3) is 0 Å². The van der Waals surface area contributed by atoms with Gasteiger partial charge < -0.3 is 15.4 Å². The molecule has 3 unspecified atom stereocenters. The van der Waals surface area contributed by atoms with Crippen LogP contribution in [0.15, 0.2) is 0 Å². The number of rotatable bonds is 4. The van der Waals surface area contributed by atoms with Crippen LogP contribution in [0.5, 0.6) is 0 Å². The van der Waals surface area contributed by atoms with Gasteiger partial charge in [-0.1, -0.05) is 26.1 Å². The van der Waals surface area contributed by atoms with E-state index >= 15 is 0 Å². The molecule has 0 saturated carbocycles. The molecule has 0 aromatic heterocycles. The lowest BCUT2D eigenvalue weighted by Gasteiger charge is -2.31. The zero-order chi connectivity index (χ0) is 13.2. The second-order valence-corrected chi connectivity index (χ2v) is 5.48. The van der Waals surface area contributed by atoms with E-state index in [0.29, 0.717) is 6.61 Å². The van der Waals surface area contributed by atoms with Crippen molar-refractivity contribution < 1.29 is 9.53 Å². The Bertz CT molecular complexity index is 307. The lowest BCUT2D eigenvalue weighted by Crippen LogP contribution is -2.48. The minimum atomic E-state index is -0.372. The Balaban J connectivity index is 2.76. The molecule has 1 fully saturated rings. The van der Waals surface area contributed by atoms with Crippen molar-refractivity contribution >= 4 is 23.1 Å². The number of thiocarbonyl (C=S) groups is 1. The topological polar surface area (TPSA) is 55.6 Å². The van der Waals surface area contributed by atoms with Gasteiger partial charge in [0.25, 0.3) is 0 Å². The highest BCUT2D eigenvalue weighted by molar-refractivity contribution is 7.80. The van der Waals surface area contributed by atoms with Gasteiger partial charge in [-0.2, -0.15) is 0 Å². The Morgan fingerprint density at radius 1 is 1.53 bits per heavy atom. The SMILES string of the molecule is CC(C)C(C(=O)N(C)C1CCOC1C)C(N)=S. The summed E-state index contributed by atoms with van der Waals surface area (Å²) >= 11 is 4.99. The smallest absolute Gasteiger partial charge is 0.232 e. The molecule has 1 aliphatic heterocycles. The number of nitrogens with two attached hydrogens (primary N) is 1. The van der Waals surface area contributed by atoms with Gasteiger partial charge in [0, 0.05) is 13.7 Å². The summed E-state index contributed by atoms with van der Waals surface area (Å²) in [7, 11) is 1.81. The summed E-state index contributed by atoms with van der Waals surface area (Å²) < 4.78 is 5.48.